The summed E-state index contributed by atoms with van der Waals surface area (Å²) in [6, 6.07) is 8.05. The number of para-hydroxylation sites is 2. The highest BCUT2D eigenvalue weighted by Gasteiger charge is 2.08. The normalized spacial score (nSPS) is 12.2. The van der Waals surface area contributed by atoms with Crippen molar-refractivity contribution < 1.29 is 0 Å². The molecule has 0 saturated carbocycles. The molecule has 84 valence electrons. The zero-order valence-electron chi connectivity index (χ0n) is 10.0. The van der Waals surface area contributed by atoms with Gasteiger partial charge >= 0.3 is 0 Å². The molecular weight excluding hydrogens is 208 g/mol. The Balaban J connectivity index is 2.67. The maximum absolute atomic E-state index is 5.34. The quantitative estimate of drug-likeness (QED) is 0.563. The lowest BCUT2D eigenvalue weighted by Gasteiger charge is -2.01. The minimum atomic E-state index is 0.891. The molecule has 0 N–H and O–H groups in total. The molecule has 0 fully saturated rings. The molecule has 1 heterocycles. The van der Waals surface area contributed by atoms with E-state index in [4.69, 9.17) is 6.42 Å². The van der Waals surface area contributed by atoms with Crippen LogP contribution in [0.5, 0.6) is 0 Å². The van der Waals surface area contributed by atoms with Crippen LogP contribution in [0.3, 0.4) is 0 Å². The second-order valence-corrected chi connectivity index (χ2v) is 3.75. The summed E-state index contributed by atoms with van der Waals surface area (Å²) in [6.45, 7) is 1.97. The Kier molecular flexibility index (Phi) is 3.11. The van der Waals surface area contributed by atoms with Crippen LogP contribution in [0, 0.1) is 12.3 Å². The number of aromatic nitrogens is 2. The molecule has 0 atom stereocenters. The Morgan fingerprint density at radius 1 is 1.41 bits per heavy atom. The van der Waals surface area contributed by atoms with Gasteiger partial charge in [-0.1, -0.05) is 30.2 Å². The van der Waals surface area contributed by atoms with Gasteiger partial charge in [-0.2, -0.15) is 0 Å². The van der Waals surface area contributed by atoms with Crippen molar-refractivity contribution in [2.45, 2.75) is 6.92 Å². The van der Waals surface area contributed by atoms with Crippen LogP contribution in [0.1, 0.15) is 12.7 Å². The fourth-order valence-corrected chi connectivity index (χ4v) is 1.86. The fraction of sp³-hybridized carbons (Fsp3) is 0.133. The van der Waals surface area contributed by atoms with Crippen LogP contribution < -0.4 is 0 Å². The van der Waals surface area contributed by atoms with E-state index < -0.39 is 0 Å². The van der Waals surface area contributed by atoms with Gasteiger partial charge < -0.3 is 4.57 Å². The van der Waals surface area contributed by atoms with Crippen LogP contribution in [-0.2, 0) is 7.05 Å². The minimum Gasteiger partial charge on any atom is -0.327 e. The Morgan fingerprint density at radius 3 is 2.82 bits per heavy atom. The van der Waals surface area contributed by atoms with Crippen LogP contribution >= 0.6 is 0 Å². The largest absolute Gasteiger partial charge is 0.327 e. The standard InChI is InChI=1S/C15H14N2/c1-4-8-12(9-5-2)15-16-13-10-6-7-11-14(13)17(15)3/h1,5-11H,2-3H3/b9-5-,12-8+. The van der Waals surface area contributed by atoms with Gasteiger partial charge in [0.2, 0.25) is 0 Å². The number of allylic oxidation sites excluding steroid dienone is 4. The number of fused-ring (bicyclic) bond motifs is 1. The highest BCUT2D eigenvalue weighted by Crippen LogP contribution is 2.20. The number of terminal acetylenes is 1. The first-order valence-electron chi connectivity index (χ1n) is 5.48. The number of hydrogen-bond donors (Lipinski definition) is 0. The topological polar surface area (TPSA) is 17.8 Å². The van der Waals surface area contributed by atoms with Crippen molar-refractivity contribution in [3.05, 3.63) is 48.3 Å². The zero-order valence-corrected chi connectivity index (χ0v) is 10.0. The molecule has 0 aliphatic heterocycles. The molecule has 1 aromatic carbocycles. The summed E-state index contributed by atoms with van der Waals surface area (Å²) < 4.78 is 2.05. The van der Waals surface area contributed by atoms with E-state index in [1.54, 1.807) is 6.08 Å². The van der Waals surface area contributed by atoms with Crippen LogP contribution in [0.25, 0.3) is 16.6 Å². The van der Waals surface area contributed by atoms with Gasteiger partial charge in [-0.15, -0.1) is 6.42 Å². The molecule has 0 aliphatic carbocycles. The molecule has 1 aromatic heterocycles. The van der Waals surface area contributed by atoms with Crippen molar-refractivity contribution in [1.82, 2.24) is 9.55 Å². The molecule has 2 rings (SSSR count). The van der Waals surface area contributed by atoms with Gasteiger partial charge in [-0.05, 0) is 25.1 Å². The lowest BCUT2D eigenvalue weighted by molar-refractivity contribution is 0.924. The van der Waals surface area contributed by atoms with Crippen LogP contribution in [0.15, 0.2) is 42.5 Å². The minimum absolute atomic E-state index is 0.891. The van der Waals surface area contributed by atoms with Gasteiger partial charge in [0.1, 0.15) is 5.82 Å². The summed E-state index contributed by atoms with van der Waals surface area (Å²) in [5.41, 5.74) is 3.04. The van der Waals surface area contributed by atoms with E-state index in [1.165, 1.54) is 0 Å². The van der Waals surface area contributed by atoms with Crippen molar-refractivity contribution in [2.24, 2.45) is 7.05 Å². The monoisotopic (exact) mass is 222 g/mol. The van der Waals surface area contributed by atoms with Gasteiger partial charge in [0.15, 0.2) is 0 Å². The van der Waals surface area contributed by atoms with E-state index in [0.717, 1.165) is 22.4 Å². The first-order valence-corrected chi connectivity index (χ1v) is 5.48. The second kappa shape index (κ2) is 4.71. The summed E-state index contributed by atoms with van der Waals surface area (Å²) in [4.78, 5) is 4.60. The number of imidazole rings is 1. The van der Waals surface area contributed by atoms with Gasteiger partial charge in [-0.3, -0.25) is 0 Å². The predicted octanol–water partition coefficient (Wildman–Crippen LogP) is 3.17. The molecular formula is C15H14N2. The van der Waals surface area contributed by atoms with E-state index in [2.05, 4.69) is 21.5 Å². The molecule has 0 saturated heterocycles. The first kappa shape index (κ1) is 11.2. The zero-order chi connectivity index (χ0) is 12.3. The number of hydrogen-bond acceptors (Lipinski definition) is 1. The molecule has 2 heteroatoms. The number of benzene rings is 1. The van der Waals surface area contributed by atoms with E-state index in [1.807, 2.05) is 44.3 Å². The summed E-state index contributed by atoms with van der Waals surface area (Å²) >= 11 is 0. The maximum atomic E-state index is 5.34. The van der Waals surface area contributed by atoms with E-state index in [9.17, 15) is 0 Å². The SMILES string of the molecule is C#C/C=C(\C=C/C)c1nc2ccccc2n1C. The highest BCUT2D eigenvalue weighted by molar-refractivity contribution is 5.82. The molecule has 0 radical (unpaired) electrons. The van der Waals surface area contributed by atoms with Crippen molar-refractivity contribution in [1.29, 1.82) is 0 Å². The molecule has 0 spiro atoms. The smallest absolute Gasteiger partial charge is 0.141 e. The number of aryl methyl sites for hydroxylation is 1. The van der Waals surface area contributed by atoms with Gasteiger partial charge in [-0.25, -0.2) is 4.98 Å². The van der Waals surface area contributed by atoms with E-state index >= 15 is 0 Å². The summed E-state index contributed by atoms with van der Waals surface area (Å²) in [6.07, 6.45) is 11.0. The van der Waals surface area contributed by atoms with Crippen molar-refractivity contribution in [3.63, 3.8) is 0 Å². The van der Waals surface area contributed by atoms with Crippen LogP contribution in [0.4, 0.5) is 0 Å². The third-order valence-corrected chi connectivity index (χ3v) is 2.63. The highest BCUT2D eigenvalue weighted by atomic mass is 15.1. The third kappa shape index (κ3) is 2.00. The molecule has 2 aromatic rings. The van der Waals surface area contributed by atoms with Crippen molar-refractivity contribution >= 4 is 16.6 Å². The lowest BCUT2D eigenvalue weighted by atomic mass is 10.2. The maximum Gasteiger partial charge on any atom is 0.141 e. The second-order valence-electron chi connectivity index (χ2n) is 3.75. The van der Waals surface area contributed by atoms with Gasteiger partial charge in [0, 0.05) is 12.6 Å². The average Bonchev–Trinajstić information content (AvgIpc) is 2.67. The Labute approximate surface area is 101 Å². The van der Waals surface area contributed by atoms with Crippen molar-refractivity contribution in [3.8, 4) is 12.3 Å². The number of rotatable bonds is 2. The van der Waals surface area contributed by atoms with Crippen LogP contribution in [0.2, 0.25) is 0 Å². The molecule has 0 unspecified atom stereocenters. The molecule has 0 aliphatic rings. The van der Waals surface area contributed by atoms with E-state index in [-0.39, 0.29) is 0 Å². The summed E-state index contributed by atoms with van der Waals surface area (Å²) in [5, 5.41) is 0. The molecule has 0 amide bonds. The molecule has 2 nitrogen and oxygen atoms in total. The van der Waals surface area contributed by atoms with E-state index in [0.29, 0.717) is 0 Å². The first-order chi connectivity index (χ1) is 8.27. The summed E-state index contributed by atoms with van der Waals surface area (Å²) in [5.74, 6) is 3.45. The average molecular weight is 222 g/mol. The summed E-state index contributed by atoms with van der Waals surface area (Å²) in [7, 11) is 2.00. The predicted molar refractivity (Wildman–Crippen MR) is 72.3 cm³/mol. The molecule has 17 heavy (non-hydrogen) atoms. The Hall–Kier alpha value is -2.27. The Bertz CT molecular complexity index is 636. The van der Waals surface area contributed by atoms with Gasteiger partial charge in [0.25, 0.3) is 0 Å². The fourth-order valence-electron chi connectivity index (χ4n) is 1.86. The lowest BCUT2D eigenvalue weighted by Crippen LogP contribution is -1.95. The van der Waals surface area contributed by atoms with Crippen molar-refractivity contribution in [2.75, 3.05) is 0 Å². The number of nitrogens with zero attached hydrogens (tertiary/aromatic N) is 2. The molecule has 0 bridgehead atoms. The Morgan fingerprint density at radius 2 is 2.18 bits per heavy atom. The van der Waals surface area contributed by atoms with Crippen LogP contribution in [-0.4, -0.2) is 9.55 Å². The van der Waals surface area contributed by atoms with Gasteiger partial charge in [0.05, 0.1) is 11.0 Å². The third-order valence-electron chi connectivity index (χ3n) is 2.63.